The fourth-order valence-electron chi connectivity index (χ4n) is 9.77. The van der Waals surface area contributed by atoms with Crippen molar-refractivity contribution in [1.82, 2.24) is 9.78 Å². The molecule has 7 aromatic carbocycles. The van der Waals surface area contributed by atoms with Crippen molar-refractivity contribution in [2.75, 3.05) is 9.80 Å². The summed E-state index contributed by atoms with van der Waals surface area (Å²) in [5, 5.41) is 5.69. The van der Waals surface area contributed by atoms with Crippen LogP contribution in [0.3, 0.4) is 0 Å². The number of benzene rings is 7. The highest BCUT2D eigenvalue weighted by atomic mass is 32.2. The van der Waals surface area contributed by atoms with Gasteiger partial charge in [-0.1, -0.05) is 105 Å². The van der Waals surface area contributed by atoms with Gasteiger partial charge in [0.2, 0.25) is 0 Å². The van der Waals surface area contributed by atoms with Crippen LogP contribution in [0.5, 0.6) is 0 Å². The molecule has 0 saturated heterocycles. The van der Waals surface area contributed by atoms with Crippen LogP contribution in [-0.2, 0) is 11.0 Å². The van der Waals surface area contributed by atoms with Crippen molar-refractivity contribution in [2.24, 2.45) is 0 Å². The highest BCUT2D eigenvalue weighted by Crippen LogP contribution is 2.62. The Morgan fingerprint density at radius 3 is 1.31 bits per heavy atom. The SMILES string of the molecule is Cc1ccc2c(c1)Sc1cc(C)ccc1N2c1ccc2c(c1)C1(c3cc(N4c5ccc(C)cc5Sc5cc(C)ccc54)ccc3S2)c2ccccc2-c2cc(C(C)(C)C)nn21. The standard InChI is InChI=1S/C54H44N4S3/c1-31-12-18-41-48(24-31)60-49-25-32(2)13-19-42(49)56(41)35-16-22-46-39(28-35)54(38-11-9-8-10-37(38)45-30-52(53(5,6)7)55-58(45)54)40-29-36(17-23-47(40)59-46)57-43-20-14-33(3)26-50(43)61-51-27-34(4)15-21-44(51)57/h8-30H,1-7H3. The third-order valence-corrected chi connectivity index (χ3v) is 16.0. The maximum Gasteiger partial charge on any atom is 0.141 e. The van der Waals surface area contributed by atoms with Gasteiger partial charge in [0.25, 0.3) is 0 Å². The molecule has 0 atom stereocenters. The van der Waals surface area contributed by atoms with E-state index in [-0.39, 0.29) is 5.41 Å². The molecule has 0 amide bonds. The summed E-state index contributed by atoms with van der Waals surface area (Å²) >= 11 is 5.63. The molecule has 7 heteroatoms. The lowest BCUT2D eigenvalue weighted by Crippen LogP contribution is -2.39. The van der Waals surface area contributed by atoms with Gasteiger partial charge in [-0.25, -0.2) is 4.68 Å². The highest BCUT2D eigenvalue weighted by molar-refractivity contribution is 8.00. The summed E-state index contributed by atoms with van der Waals surface area (Å²) in [5.74, 6) is 0. The van der Waals surface area contributed by atoms with Crippen LogP contribution in [0.4, 0.5) is 34.1 Å². The number of aryl methyl sites for hydroxylation is 4. The van der Waals surface area contributed by atoms with Crippen molar-refractivity contribution in [1.29, 1.82) is 0 Å². The van der Waals surface area contributed by atoms with E-state index in [4.69, 9.17) is 5.10 Å². The summed E-state index contributed by atoms with van der Waals surface area (Å²) in [4.78, 5) is 12.6. The van der Waals surface area contributed by atoms with Crippen molar-refractivity contribution in [3.8, 4) is 11.3 Å². The number of hydrogen-bond acceptors (Lipinski definition) is 6. The van der Waals surface area contributed by atoms with Crippen molar-refractivity contribution < 1.29 is 0 Å². The minimum Gasteiger partial charge on any atom is -0.308 e. The zero-order valence-electron chi connectivity index (χ0n) is 35.3. The molecule has 1 spiro atoms. The Balaban J connectivity index is 1.15. The van der Waals surface area contributed by atoms with Crippen molar-refractivity contribution in [3.63, 3.8) is 0 Å². The van der Waals surface area contributed by atoms with E-state index < -0.39 is 5.54 Å². The van der Waals surface area contributed by atoms with Crippen molar-refractivity contribution in [3.05, 3.63) is 184 Å². The summed E-state index contributed by atoms with van der Waals surface area (Å²) in [6, 6.07) is 53.3. The molecule has 0 radical (unpaired) electrons. The van der Waals surface area contributed by atoms with E-state index in [1.807, 2.05) is 35.3 Å². The van der Waals surface area contributed by atoms with E-state index in [9.17, 15) is 0 Å². The predicted molar refractivity (Wildman–Crippen MR) is 255 cm³/mol. The van der Waals surface area contributed by atoms with Crippen LogP contribution < -0.4 is 9.80 Å². The van der Waals surface area contributed by atoms with Crippen LogP contribution in [0, 0.1) is 27.7 Å². The van der Waals surface area contributed by atoms with Crippen LogP contribution >= 0.6 is 35.3 Å². The molecule has 0 fully saturated rings. The maximum absolute atomic E-state index is 5.69. The first-order chi connectivity index (χ1) is 29.4. The van der Waals surface area contributed by atoms with Crippen molar-refractivity contribution >= 4 is 69.4 Å². The number of aromatic nitrogens is 2. The summed E-state index contributed by atoms with van der Waals surface area (Å²) in [5.41, 5.74) is 18.5. The number of rotatable bonds is 2. The number of fused-ring (bicyclic) bond motifs is 13. The number of anilines is 6. The molecule has 0 unspecified atom stereocenters. The minimum atomic E-state index is -0.745. The molecule has 12 rings (SSSR count). The van der Waals surface area contributed by atoms with Crippen LogP contribution in [0.1, 0.15) is 65.4 Å². The quantitative estimate of drug-likeness (QED) is 0.172. The van der Waals surface area contributed by atoms with Gasteiger partial charge >= 0.3 is 0 Å². The van der Waals surface area contributed by atoms with Gasteiger partial charge in [0.1, 0.15) is 5.54 Å². The zero-order valence-corrected chi connectivity index (χ0v) is 37.7. The van der Waals surface area contributed by atoms with Gasteiger partial charge < -0.3 is 9.80 Å². The summed E-state index contributed by atoms with van der Waals surface area (Å²) in [7, 11) is 0. The fraction of sp³-hybridized carbons (Fsp3) is 0.167. The first-order valence-corrected chi connectivity index (χ1v) is 23.5. The molecule has 298 valence electrons. The molecular formula is C54H44N4S3. The molecule has 0 aliphatic carbocycles. The molecule has 0 bridgehead atoms. The van der Waals surface area contributed by atoms with Gasteiger partial charge in [0, 0.05) is 62.9 Å². The normalized spacial score (nSPS) is 15.0. The summed E-state index contributed by atoms with van der Waals surface area (Å²) < 4.78 is 2.39. The van der Waals surface area contributed by atoms with Gasteiger partial charge in [-0.05, 0) is 147 Å². The first-order valence-electron chi connectivity index (χ1n) is 21.0. The molecule has 8 aromatic rings. The molecule has 1 aromatic heterocycles. The number of nitrogens with zero attached hydrogens (tertiary/aromatic N) is 4. The maximum atomic E-state index is 5.69. The van der Waals surface area contributed by atoms with E-state index in [0.717, 1.165) is 22.8 Å². The van der Waals surface area contributed by atoms with Crippen LogP contribution in [0.15, 0.2) is 169 Å². The average molecular weight is 845 g/mol. The molecular weight excluding hydrogens is 801 g/mol. The Labute approximate surface area is 371 Å². The number of hydrogen-bond donors (Lipinski definition) is 0. The molecule has 61 heavy (non-hydrogen) atoms. The lowest BCUT2D eigenvalue weighted by molar-refractivity contribution is 0.448. The summed E-state index contributed by atoms with van der Waals surface area (Å²) in [6.07, 6.45) is 0. The van der Waals surface area contributed by atoms with Crippen LogP contribution in [-0.4, -0.2) is 9.78 Å². The molecule has 0 N–H and O–H groups in total. The molecule has 4 aliphatic rings. The Bertz CT molecular complexity index is 2930. The second kappa shape index (κ2) is 13.2. The minimum absolute atomic E-state index is 0.142. The van der Waals surface area contributed by atoms with Gasteiger partial charge in [-0.2, -0.15) is 5.10 Å². The van der Waals surface area contributed by atoms with E-state index >= 15 is 0 Å². The van der Waals surface area contributed by atoms with E-state index in [0.29, 0.717) is 0 Å². The largest absolute Gasteiger partial charge is 0.308 e. The lowest BCUT2D eigenvalue weighted by Gasteiger charge is -2.41. The van der Waals surface area contributed by atoms with Crippen LogP contribution in [0.25, 0.3) is 11.3 Å². The topological polar surface area (TPSA) is 24.3 Å². The highest BCUT2D eigenvalue weighted by Gasteiger charge is 2.52. The van der Waals surface area contributed by atoms with Gasteiger partial charge in [0.05, 0.1) is 34.1 Å². The Hall–Kier alpha value is -5.60. The Morgan fingerprint density at radius 2 is 0.869 bits per heavy atom. The van der Waals surface area contributed by atoms with Crippen LogP contribution in [0.2, 0.25) is 0 Å². The van der Waals surface area contributed by atoms with Crippen molar-refractivity contribution in [2.45, 2.75) is 88.8 Å². The second-order valence-corrected chi connectivity index (χ2v) is 21.3. The van der Waals surface area contributed by atoms with E-state index in [1.54, 1.807) is 0 Å². The molecule has 0 saturated carbocycles. The molecule has 4 aliphatic heterocycles. The third-order valence-electron chi connectivity index (χ3n) is 12.7. The van der Waals surface area contributed by atoms with Gasteiger partial charge in [-0.15, -0.1) is 0 Å². The molecule has 4 nitrogen and oxygen atoms in total. The predicted octanol–water partition coefficient (Wildman–Crippen LogP) is 15.6. The molecule has 5 heterocycles. The first kappa shape index (κ1) is 37.2. The Morgan fingerprint density at radius 1 is 0.443 bits per heavy atom. The fourth-order valence-corrected chi connectivity index (χ4v) is 13.4. The monoisotopic (exact) mass is 844 g/mol. The zero-order chi connectivity index (χ0) is 41.5. The smallest absolute Gasteiger partial charge is 0.141 e. The Kier molecular flexibility index (Phi) is 8.05. The van der Waals surface area contributed by atoms with E-state index in [1.165, 1.54) is 96.6 Å². The lowest BCUT2D eigenvalue weighted by atomic mass is 9.76. The van der Waals surface area contributed by atoms with Gasteiger partial charge in [-0.3, -0.25) is 0 Å². The van der Waals surface area contributed by atoms with Gasteiger partial charge in [0.15, 0.2) is 0 Å². The second-order valence-electron chi connectivity index (χ2n) is 18.1. The average Bonchev–Trinajstić information content (AvgIpc) is 3.80. The van der Waals surface area contributed by atoms with E-state index in [2.05, 4.69) is 202 Å². The summed E-state index contributed by atoms with van der Waals surface area (Å²) in [6.45, 7) is 15.6. The third kappa shape index (κ3) is 5.46.